The van der Waals surface area contributed by atoms with Crippen LogP contribution in [-0.2, 0) is 23.8 Å². The minimum Gasteiger partial charge on any atom is -0.469 e. The zero-order valence-electron chi connectivity index (χ0n) is 13.2. The zero-order chi connectivity index (χ0) is 16.9. The summed E-state index contributed by atoms with van der Waals surface area (Å²) in [7, 11) is 1.21. The molecular weight excluding hydrogens is 304 g/mol. The SMILES string of the molecule is C=C(C)C1C(O)C(=O)C2(C)C3(CO3)C3OC3C2(O)C1C(=O)OC. The molecule has 2 aliphatic heterocycles. The maximum atomic E-state index is 13.0. The zero-order valence-corrected chi connectivity index (χ0v) is 13.2. The predicted molar refractivity (Wildman–Crippen MR) is 75.2 cm³/mol. The van der Waals surface area contributed by atoms with Crippen molar-refractivity contribution in [3.8, 4) is 0 Å². The predicted octanol–water partition coefficient (Wildman–Crippen LogP) is -0.801. The van der Waals surface area contributed by atoms with Crippen molar-refractivity contribution < 1.29 is 34.0 Å². The Morgan fingerprint density at radius 1 is 1.43 bits per heavy atom. The van der Waals surface area contributed by atoms with Crippen LogP contribution in [0.15, 0.2) is 12.2 Å². The van der Waals surface area contributed by atoms with Crippen molar-refractivity contribution >= 4 is 11.8 Å². The van der Waals surface area contributed by atoms with Crippen LogP contribution in [0.5, 0.6) is 0 Å². The Morgan fingerprint density at radius 3 is 2.52 bits per heavy atom. The summed E-state index contributed by atoms with van der Waals surface area (Å²) >= 11 is 0. The van der Waals surface area contributed by atoms with E-state index < -0.39 is 58.5 Å². The van der Waals surface area contributed by atoms with E-state index in [2.05, 4.69) is 6.58 Å². The molecule has 0 radical (unpaired) electrons. The minimum atomic E-state index is -1.79. The third-order valence-electron chi connectivity index (χ3n) is 6.45. The molecule has 1 spiro atoms. The van der Waals surface area contributed by atoms with Crippen LogP contribution in [0.4, 0.5) is 0 Å². The first-order valence-electron chi connectivity index (χ1n) is 7.66. The number of fused-ring (bicyclic) bond motifs is 5. The molecule has 0 aromatic heterocycles. The molecule has 2 saturated heterocycles. The van der Waals surface area contributed by atoms with Crippen LogP contribution in [0.2, 0.25) is 0 Å². The highest BCUT2D eigenvalue weighted by atomic mass is 16.7. The third-order valence-corrected chi connectivity index (χ3v) is 6.45. The molecule has 2 aliphatic carbocycles. The van der Waals surface area contributed by atoms with E-state index in [1.54, 1.807) is 13.8 Å². The number of rotatable bonds is 2. The van der Waals surface area contributed by atoms with Crippen molar-refractivity contribution in [1.82, 2.24) is 0 Å². The second-order valence-corrected chi connectivity index (χ2v) is 7.29. The van der Waals surface area contributed by atoms with Crippen LogP contribution < -0.4 is 0 Å². The summed E-state index contributed by atoms with van der Waals surface area (Å²) in [6.07, 6.45) is -2.57. The lowest BCUT2D eigenvalue weighted by Gasteiger charge is -2.53. The molecule has 0 aromatic carbocycles. The number of esters is 1. The number of carbonyl (C=O) groups is 2. The smallest absolute Gasteiger partial charge is 0.312 e. The van der Waals surface area contributed by atoms with Gasteiger partial charge in [0.05, 0.1) is 25.0 Å². The van der Waals surface area contributed by atoms with Crippen molar-refractivity contribution in [1.29, 1.82) is 0 Å². The number of aliphatic hydroxyl groups excluding tert-OH is 1. The number of hydrogen-bond acceptors (Lipinski definition) is 7. The Morgan fingerprint density at radius 2 is 2.04 bits per heavy atom. The van der Waals surface area contributed by atoms with E-state index in [1.807, 2.05) is 0 Å². The van der Waals surface area contributed by atoms with Crippen LogP contribution in [-0.4, -0.2) is 65.2 Å². The van der Waals surface area contributed by atoms with Crippen LogP contribution >= 0.6 is 0 Å². The van der Waals surface area contributed by atoms with E-state index in [4.69, 9.17) is 14.2 Å². The van der Waals surface area contributed by atoms with E-state index in [9.17, 15) is 19.8 Å². The van der Waals surface area contributed by atoms with Crippen LogP contribution in [0.1, 0.15) is 13.8 Å². The first kappa shape index (κ1) is 15.3. The number of epoxide rings is 2. The number of methoxy groups -OCH3 is 1. The van der Waals surface area contributed by atoms with Gasteiger partial charge >= 0.3 is 5.97 Å². The number of aliphatic hydroxyl groups is 2. The summed E-state index contributed by atoms with van der Waals surface area (Å²) < 4.78 is 16.0. The largest absolute Gasteiger partial charge is 0.469 e. The highest BCUT2D eigenvalue weighted by molar-refractivity contribution is 5.97. The van der Waals surface area contributed by atoms with E-state index in [-0.39, 0.29) is 6.61 Å². The summed E-state index contributed by atoms with van der Waals surface area (Å²) in [4.78, 5) is 25.5. The molecule has 8 atom stereocenters. The number of ketones is 1. The van der Waals surface area contributed by atoms with Gasteiger partial charge in [-0.3, -0.25) is 9.59 Å². The lowest BCUT2D eigenvalue weighted by molar-refractivity contribution is -0.217. The Hall–Kier alpha value is -1.28. The van der Waals surface area contributed by atoms with Gasteiger partial charge in [0.25, 0.3) is 0 Å². The molecule has 8 unspecified atom stereocenters. The van der Waals surface area contributed by atoms with E-state index in [0.717, 1.165) is 0 Å². The fraction of sp³-hybridized carbons (Fsp3) is 0.750. The van der Waals surface area contributed by atoms with E-state index in [0.29, 0.717) is 5.57 Å². The summed E-state index contributed by atoms with van der Waals surface area (Å²) in [5.74, 6) is -3.28. The van der Waals surface area contributed by atoms with Gasteiger partial charge in [-0.25, -0.2) is 0 Å². The summed E-state index contributed by atoms with van der Waals surface area (Å²) in [6.45, 7) is 7.23. The maximum Gasteiger partial charge on any atom is 0.312 e. The van der Waals surface area contributed by atoms with Crippen molar-refractivity contribution in [3.63, 3.8) is 0 Å². The molecule has 23 heavy (non-hydrogen) atoms. The van der Waals surface area contributed by atoms with Gasteiger partial charge in [-0.05, 0) is 13.8 Å². The molecular formula is C16H20O7. The fourth-order valence-electron chi connectivity index (χ4n) is 5.06. The van der Waals surface area contributed by atoms with Crippen LogP contribution in [0.25, 0.3) is 0 Å². The molecule has 2 heterocycles. The second-order valence-electron chi connectivity index (χ2n) is 7.29. The summed E-state index contributed by atoms with van der Waals surface area (Å²) in [5.41, 5.74) is -3.73. The molecule has 2 saturated carbocycles. The highest BCUT2D eigenvalue weighted by Crippen LogP contribution is 2.73. The molecule has 126 valence electrons. The molecule has 7 heteroatoms. The molecule has 0 bridgehead atoms. The molecule has 4 rings (SSSR count). The molecule has 0 aromatic rings. The number of carbonyl (C=O) groups excluding carboxylic acids is 2. The Bertz CT molecular complexity index is 638. The van der Waals surface area contributed by atoms with Gasteiger partial charge < -0.3 is 24.4 Å². The minimum absolute atomic E-state index is 0.261. The Balaban J connectivity index is 1.94. The van der Waals surface area contributed by atoms with Crippen LogP contribution in [0.3, 0.4) is 0 Å². The number of ether oxygens (including phenoxy) is 3. The van der Waals surface area contributed by atoms with Gasteiger partial charge in [-0.2, -0.15) is 0 Å². The van der Waals surface area contributed by atoms with Gasteiger partial charge in [0.2, 0.25) is 0 Å². The van der Waals surface area contributed by atoms with Gasteiger partial charge in [-0.1, -0.05) is 12.2 Å². The monoisotopic (exact) mass is 324 g/mol. The highest BCUT2D eigenvalue weighted by Gasteiger charge is 2.93. The normalized spacial score (nSPS) is 56.0. The molecule has 0 amide bonds. The molecule has 4 aliphatic rings. The van der Waals surface area contributed by atoms with E-state index >= 15 is 0 Å². The molecule has 2 N–H and O–H groups in total. The van der Waals surface area contributed by atoms with Gasteiger partial charge in [0.15, 0.2) is 5.78 Å². The fourth-order valence-corrected chi connectivity index (χ4v) is 5.06. The van der Waals surface area contributed by atoms with Crippen molar-refractivity contribution in [3.05, 3.63) is 12.2 Å². The van der Waals surface area contributed by atoms with Gasteiger partial charge in [0, 0.05) is 5.92 Å². The summed E-state index contributed by atoms with van der Waals surface area (Å²) in [6, 6.07) is 0. The first-order valence-corrected chi connectivity index (χ1v) is 7.66. The standard InChI is InChI=1S/C16H20O7/c1-6(2)7-8(13(19)21-4)16(20)12-11(23-12)15(5-22-15)14(16,3)10(18)9(7)17/h7-9,11-12,17,20H,1,5H2,2-4H3. The average Bonchev–Trinajstić information content (AvgIpc) is 3.36. The first-order chi connectivity index (χ1) is 10.7. The maximum absolute atomic E-state index is 13.0. The lowest BCUT2D eigenvalue weighted by atomic mass is 9.52. The molecule has 7 nitrogen and oxygen atoms in total. The Kier molecular flexibility index (Phi) is 2.67. The lowest BCUT2D eigenvalue weighted by Crippen LogP contribution is -2.72. The quantitative estimate of drug-likeness (QED) is 0.389. The van der Waals surface area contributed by atoms with Crippen molar-refractivity contribution in [2.24, 2.45) is 17.3 Å². The van der Waals surface area contributed by atoms with E-state index in [1.165, 1.54) is 7.11 Å². The summed E-state index contributed by atoms with van der Waals surface area (Å²) in [5, 5.41) is 22.1. The van der Waals surface area contributed by atoms with Gasteiger partial charge in [0.1, 0.15) is 29.5 Å². The topological polar surface area (TPSA) is 109 Å². The van der Waals surface area contributed by atoms with Crippen LogP contribution in [0, 0.1) is 17.3 Å². The van der Waals surface area contributed by atoms with Gasteiger partial charge in [-0.15, -0.1) is 0 Å². The third kappa shape index (κ3) is 1.34. The van der Waals surface area contributed by atoms with Crippen molar-refractivity contribution in [2.75, 3.05) is 13.7 Å². The number of hydrogen-bond donors (Lipinski definition) is 2. The number of Topliss-reactive ketones (excluding diaryl/α,β-unsaturated/α-hetero) is 1. The second kappa shape index (κ2) is 4.03. The molecule has 4 fully saturated rings. The Labute approximate surface area is 133 Å². The van der Waals surface area contributed by atoms with Crippen molar-refractivity contribution in [2.45, 2.75) is 43.4 Å². The average molecular weight is 324 g/mol.